The van der Waals surface area contributed by atoms with Crippen molar-refractivity contribution in [2.75, 3.05) is 0 Å². The van der Waals surface area contributed by atoms with Crippen LogP contribution in [-0.2, 0) is 15.0 Å². The van der Waals surface area contributed by atoms with Gasteiger partial charge >= 0.3 is 12.1 Å². The summed E-state index contributed by atoms with van der Waals surface area (Å²) in [6.07, 6.45) is -0.771. The minimum absolute atomic E-state index is 0.295. The summed E-state index contributed by atoms with van der Waals surface area (Å²) in [5.41, 5.74) is -1.42. The quantitative estimate of drug-likeness (QED) is 0.718. The summed E-state index contributed by atoms with van der Waals surface area (Å²) in [7, 11) is 0. The first-order valence-electron chi connectivity index (χ1n) is 4.40. The van der Waals surface area contributed by atoms with E-state index in [-0.39, 0.29) is 0 Å². The van der Waals surface area contributed by atoms with Gasteiger partial charge in [0.2, 0.25) is 0 Å². The predicted molar refractivity (Wildman–Crippen MR) is 50.6 cm³/mol. The Labute approximate surface area is 85.9 Å². The van der Waals surface area contributed by atoms with E-state index in [9.17, 15) is 18.4 Å². The van der Waals surface area contributed by atoms with Crippen molar-refractivity contribution in [3.8, 4) is 0 Å². The molecule has 0 aromatic heterocycles. The van der Waals surface area contributed by atoms with Crippen molar-refractivity contribution < 1.29 is 18.4 Å². The van der Waals surface area contributed by atoms with E-state index in [1.807, 2.05) is 0 Å². The second kappa shape index (κ2) is 4.29. The Kier molecular flexibility index (Phi) is 3.29. The largest absolute Gasteiger partial charge is 0.312 e. The molecule has 1 unspecified atom stereocenters. The highest BCUT2D eigenvalue weighted by atomic mass is 19.1. The molecular formula is C11H10F2O2. The van der Waals surface area contributed by atoms with Crippen molar-refractivity contribution in [2.24, 2.45) is 0 Å². The molecule has 0 N–H and O–H groups in total. The van der Waals surface area contributed by atoms with Crippen molar-refractivity contribution in [3.63, 3.8) is 0 Å². The molecule has 0 aliphatic rings. The van der Waals surface area contributed by atoms with Crippen LogP contribution in [-0.4, -0.2) is 12.1 Å². The van der Waals surface area contributed by atoms with Crippen LogP contribution in [0, 0.1) is 0 Å². The summed E-state index contributed by atoms with van der Waals surface area (Å²) < 4.78 is 25.1. The molecule has 1 rings (SSSR count). The van der Waals surface area contributed by atoms with Gasteiger partial charge in [0.15, 0.2) is 0 Å². The van der Waals surface area contributed by atoms with E-state index in [1.54, 1.807) is 18.2 Å². The fourth-order valence-electron chi connectivity index (χ4n) is 1.37. The van der Waals surface area contributed by atoms with Gasteiger partial charge in [-0.2, -0.15) is 8.78 Å². The fourth-order valence-corrected chi connectivity index (χ4v) is 1.37. The molecule has 0 saturated heterocycles. The molecule has 1 aromatic rings. The van der Waals surface area contributed by atoms with Crippen LogP contribution in [0.3, 0.4) is 0 Å². The van der Waals surface area contributed by atoms with Gasteiger partial charge in [-0.1, -0.05) is 30.3 Å². The maximum absolute atomic E-state index is 12.8. The molecule has 1 aromatic carbocycles. The highest BCUT2D eigenvalue weighted by Crippen LogP contribution is 2.29. The highest BCUT2D eigenvalue weighted by Gasteiger charge is 2.37. The summed E-state index contributed by atoms with van der Waals surface area (Å²) in [6.45, 7) is 1.21. The molecule has 0 fully saturated rings. The average molecular weight is 212 g/mol. The molecule has 0 radical (unpaired) electrons. The van der Waals surface area contributed by atoms with Crippen LogP contribution < -0.4 is 0 Å². The van der Waals surface area contributed by atoms with Crippen LogP contribution >= 0.6 is 0 Å². The number of benzene rings is 1. The zero-order valence-corrected chi connectivity index (χ0v) is 8.17. The van der Waals surface area contributed by atoms with Gasteiger partial charge in [0.05, 0.1) is 11.8 Å². The number of halogens is 2. The third-order valence-corrected chi connectivity index (χ3v) is 2.34. The Bertz CT molecular complexity index is 375. The Balaban J connectivity index is 3.13. The summed E-state index contributed by atoms with van der Waals surface area (Å²) in [5, 5.41) is 0. The molecule has 15 heavy (non-hydrogen) atoms. The minimum Gasteiger partial charge on any atom is -0.261 e. The van der Waals surface area contributed by atoms with Gasteiger partial charge in [0.1, 0.15) is 0 Å². The Morgan fingerprint density at radius 3 is 2.13 bits per heavy atom. The monoisotopic (exact) mass is 212 g/mol. The second-order valence-corrected chi connectivity index (χ2v) is 3.50. The third-order valence-electron chi connectivity index (χ3n) is 2.34. The molecule has 4 heteroatoms. The number of carbonyl (C=O) groups excluding carboxylic acids is 2. The maximum Gasteiger partial charge on any atom is 0.312 e. The molecule has 0 saturated carbocycles. The Hall–Kier alpha value is -1.58. The number of rotatable bonds is 4. The smallest absolute Gasteiger partial charge is 0.261 e. The zero-order valence-electron chi connectivity index (χ0n) is 8.17. The summed E-state index contributed by atoms with van der Waals surface area (Å²) >= 11 is 0. The second-order valence-electron chi connectivity index (χ2n) is 3.50. The normalized spacial score (nSPS) is 14.3. The van der Waals surface area contributed by atoms with Crippen LogP contribution in [0.5, 0.6) is 0 Å². The lowest BCUT2D eigenvalue weighted by Crippen LogP contribution is -2.31. The molecular weight excluding hydrogens is 202 g/mol. The molecule has 0 aliphatic heterocycles. The van der Waals surface area contributed by atoms with E-state index in [1.165, 1.54) is 19.1 Å². The van der Waals surface area contributed by atoms with E-state index < -0.39 is 23.9 Å². The highest BCUT2D eigenvalue weighted by molar-refractivity contribution is 5.87. The first-order valence-corrected chi connectivity index (χ1v) is 4.40. The van der Waals surface area contributed by atoms with Gasteiger partial charge in [-0.05, 0) is 12.5 Å². The molecule has 2 nitrogen and oxygen atoms in total. The van der Waals surface area contributed by atoms with Crippen molar-refractivity contribution in [1.82, 2.24) is 0 Å². The van der Waals surface area contributed by atoms with Crippen LogP contribution in [0.25, 0.3) is 0 Å². The molecule has 0 bridgehead atoms. The van der Waals surface area contributed by atoms with Gasteiger partial charge in [-0.3, -0.25) is 9.59 Å². The van der Waals surface area contributed by atoms with E-state index in [2.05, 4.69) is 0 Å². The number of hydrogen-bond acceptors (Lipinski definition) is 2. The van der Waals surface area contributed by atoms with Crippen molar-refractivity contribution >= 4 is 12.1 Å². The van der Waals surface area contributed by atoms with Gasteiger partial charge in [-0.25, -0.2) is 0 Å². The lowest BCUT2D eigenvalue weighted by molar-refractivity contribution is -0.140. The van der Waals surface area contributed by atoms with Gasteiger partial charge in [0, 0.05) is 0 Å². The van der Waals surface area contributed by atoms with Crippen LogP contribution in [0.4, 0.5) is 8.78 Å². The van der Waals surface area contributed by atoms with Crippen molar-refractivity contribution in [2.45, 2.75) is 18.8 Å². The topological polar surface area (TPSA) is 34.1 Å². The van der Waals surface area contributed by atoms with Gasteiger partial charge in [-0.15, -0.1) is 0 Å². The third kappa shape index (κ3) is 2.46. The molecule has 0 spiro atoms. The van der Waals surface area contributed by atoms with Crippen LogP contribution in [0.15, 0.2) is 30.3 Å². The standard InChI is InChI=1S/C11H10F2O2/c1-11(10(13)15,7-9(12)14)8-5-3-2-4-6-8/h2-6H,7H2,1H3. The number of carbonyl (C=O) groups is 2. The molecule has 0 amide bonds. The molecule has 0 aliphatic carbocycles. The zero-order chi connectivity index (χ0) is 11.5. The first kappa shape index (κ1) is 11.5. The van der Waals surface area contributed by atoms with Gasteiger partial charge in [0.25, 0.3) is 0 Å². The van der Waals surface area contributed by atoms with E-state index in [0.717, 1.165) is 0 Å². The van der Waals surface area contributed by atoms with Crippen molar-refractivity contribution in [3.05, 3.63) is 35.9 Å². The summed E-state index contributed by atoms with van der Waals surface area (Å²) in [6, 6.07) is 4.44. The Morgan fingerprint density at radius 1 is 1.20 bits per heavy atom. The van der Waals surface area contributed by atoms with Crippen molar-refractivity contribution in [1.29, 1.82) is 0 Å². The molecule has 0 heterocycles. The molecule has 1 atom stereocenters. The van der Waals surface area contributed by atoms with Crippen LogP contribution in [0.2, 0.25) is 0 Å². The maximum atomic E-state index is 12.8. The summed E-state index contributed by atoms with van der Waals surface area (Å²) in [5.74, 6) is 0. The van der Waals surface area contributed by atoms with E-state index in [0.29, 0.717) is 5.56 Å². The average Bonchev–Trinajstić information content (AvgIpc) is 2.17. The molecule has 80 valence electrons. The fraction of sp³-hybridized carbons (Fsp3) is 0.273. The number of hydrogen-bond donors (Lipinski definition) is 0. The predicted octanol–water partition coefficient (Wildman–Crippen LogP) is 2.33. The lowest BCUT2D eigenvalue weighted by Gasteiger charge is -2.22. The van der Waals surface area contributed by atoms with Gasteiger partial charge < -0.3 is 0 Å². The minimum atomic E-state index is -1.72. The lowest BCUT2D eigenvalue weighted by atomic mass is 9.80. The SMILES string of the molecule is CC(CC(=O)F)(C(=O)F)c1ccccc1. The first-order chi connectivity index (χ1) is 6.97. The van der Waals surface area contributed by atoms with E-state index >= 15 is 0 Å². The van der Waals surface area contributed by atoms with Crippen LogP contribution in [0.1, 0.15) is 18.9 Å². The van der Waals surface area contributed by atoms with E-state index in [4.69, 9.17) is 0 Å². The summed E-state index contributed by atoms with van der Waals surface area (Å²) in [4.78, 5) is 21.2. The Morgan fingerprint density at radius 2 is 1.73 bits per heavy atom.